The monoisotopic (exact) mass is 461 g/mol. The summed E-state index contributed by atoms with van der Waals surface area (Å²) in [6.45, 7) is 3.95. The van der Waals surface area contributed by atoms with Crippen molar-refractivity contribution in [1.29, 1.82) is 0 Å². The number of hydrogen-bond acceptors (Lipinski definition) is 5. The molecule has 1 unspecified atom stereocenters. The number of hydrogen-bond donors (Lipinski definition) is 0. The Labute approximate surface area is 186 Å². The summed E-state index contributed by atoms with van der Waals surface area (Å²) in [5.41, 5.74) is 2.99. The lowest BCUT2D eigenvalue weighted by atomic mass is 10.1. The Bertz CT molecular complexity index is 1260. The molecule has 4 rings (SSSR count). The van der Waals surface area contributed by atoms with E-state index in [-0.39, 0.29) is 29.7 Å². The van der Waals surface area contributed by atoms with E-state index in [1.54, 1.807) is 18.1 Å². The van der Waals surface area contributed by atoms with Crippen molar-refractivity contribution in [2.75, 3.05) is 18.6 Å². The van der Waals surface area contributed by atoms with E-state index in [2.05, 4.69) is 0 Å². The van der Waals surface area contributed by atoms with E-state index in [0.717, 1.165) is 16.5 Å². The lowest BCUT2D eigenvalue weighted by molar-refractivity contribution is 0.0649. The molecule has 0 bridgehead atoms. The Morgan fingerprint density at radius 3 is 2.71 bits per heavy atom. The molecule has 0 aliphatic carbocycles. The van der Waals surface area contributed by atoms with Crippen molar-refractivity contribution in [3.8, 4) is 5.75 Å². The van der Waals surface area contributed by atoms with E-state index < -0.39 is 15.9 Å². The van der Waals surface area contributed by atoms with E-state index in [0.29, 0.717) is 28.3 Å². The van der Waals surface area contributed by atoms with E-state index in [9.17, 15) is 13.2 Å². The van der Waals surface area contributed by atoms with Crippen LogP contribution >= 0.6 is 11.6 Å². The molecule has 164 valence electrons. The summed E-state index contributed by atoms with van der Waals surface area (Å²) in [5, 5.41) is 1.38. The first-order valence-corrected chi connectivity index (χ1v) is 12.2. The van der Waals surface area contributed by atoms with E-state index >= 15 is 0 Å². The highest BCUT2D eigenvalue weighted by Crippen LogP contribution is 2.32. The summed E-state index contributed by atoms with van der Waals surface area (Å²) in [4.78, 5) is 15.2. The molecule has 1 atom stereocenters. The number of fused-ring (bicyclic) bond motifs is 1. The van der Waals surface area contributed by atoms with Crippen molar-refractivity contribution in [2.45, 2.75) is 32.9 Å². The van der Waals surface area contributed by atoms with E-state index in [4.69, 9.17) is 20.8 Å². The number of sulfone groups is 1. The number of nitrogens with zero attached hydrogens (tertiary/aromatic N) is 1. The Hall–Kier alpha value is -2.51. The van der Waals surface area contributed by atoms with Gasteiger partial charge in [-0.15, -0.1) is 0 Å². The second-order valence-electron chi connectivity index (χ2n) is 8.00. The second-order valence-corrected chi connectivity index (χ2v) is 10.6. The molecule has 1 aliphatic rings. The van der Waals surface area contributed by atoms with Gasteiger partial charge in [-0.3, -0.25) is 4.79 Å². The number of halogens is 1. The maximum Gasteiger partial charge on any atom is 0.290 e. The quantitative estimate of drug-likeness (QED) is 0.557. The van der Waals surface area contributed by atoms with Gasteiger partial charge in [-0.05, 0) is 55.7 Å². The van der Waals surface area contributed by atoms with Crippen molar-refractivity contribution >= 4 is 38.3 Å². The van der Waals surface area contributed by atoms with Crippen LogP contribution < -0.4 is 4.74 Å². The van der Waals surface area contributed by atoms with Gasteiger partial charge in [0.05, 0.1) is 18.6 Å². The number of methoxy groups -OCH3 is 1. The van der Waals surface area contributed by atoms with Gasteiger partial charge in [0.15, 0.2) is 15.6 Å². The molecule has 1 fully saturated rings. The molecule has 6 nitrogen and oxygen atoms in total. The molecule has 8 heteroatoms. The van der Waals surface area contributed by atoms with Gasteiger partial charge < -0.3 is 14.1 Å². The summed E-state index contributed by atoms with van der Waals surface area (Å²) in [5.74, 6) is 0.589. The molecule has 1 aliphatic heterocycles. The predicted molar refractivity (Wildman–Crippen MR) is 121 cm³/mol. The zero-order valence-corrected chi connectivity index (χ0v) is 19.2. The number of rotatable bonds is 5. The highest BCUT2D eigenvalue weighted by atomic mass is 35.5. The van der Waals surface area contributed by atoms with Crippen LogP contribution in [0, 0.1) is 13.8 Å². The number of carbonyl (C=O) groups is 1. The average molecular weight is 462 g/mol. The fourth-order valence-corrected chi connectivity index (χ4v) is 5.93. The number of aryl methyl sites for hydroxylation is 2. The minimum atomic E-state index is -3.17. The molecule has 31 heavy (non-hydrogen) atoms. The van der Waals surface area contributed by atoms with Crippen LogP contribution in [0.3, 0.4) is 0 Å². The van der Waals surface area contributed by atoms with Crippen LogP contribution in [0.5, 0.6) is 5.75 Å². The first-order chi connectivity index (χ1) is 14.7. The van der Waals surface area contributed by atoms with Crippen LogP contribution in [0.1, 0.15) is 33.7 Å². The SMILES string of the molecule is COc1cccc(CN(C(=O)c2oc3cc(C)c(Cl)cc3c2C)C2CCS(=O)(=O)C2)c1. The summed E-state index contributed by atoms with van der Waals surface area (Å²) in [6, 6.07) is 10.6. The van der Waals surface area contributed by atoms with E-state index in [1.807, 2.05) is 44.2 Å². The van der Waals surface area contributed by atoms with Gasteiger partial charge in [0.25, 0.3) is 5.91 Å². The highest BCUT2D eigenvalue weighted by molar-refractivity contribution is 7.91. The summed E-state index contributed by atoms with van der Waals surface area (Å²) < 4.78 is 35.5. The molecular formula is C23H24ClNO5S. The number of amides is 1. The smallest absolute Gasteiger partial charge is 0.290 e. The molecule has 2 aromatic carbocycles. The topological polar surface area (TPSA) is 76.8 Å². The molecule has 1 amide bonds. The minimum absolute atomic E-state index is 0.0487. The lowest BCUT2D eigenvalue weighted by Crippen LogP contribution is -2.40. The third kappa shape index (κ3) is 4.29. The largest absolute Gasteiger partial charge is 0.497 e. The third-order valence-corrected chi connectivity index (χ3v) is 7.97. The summed E-state index contributed by atoms with van der Waals surface area (Å²) in [7, 11) is -1.59. The molecule has 0 radical (unpaired) electrons. The average Bonchev–Trinajstić information content (AvgIpc) is 3.25. The van der Waals surface area contributed by atoms with Crippen LogP contribution in [0.15, 0.2) is 40.8 Å². The Morgan fingerprint density at radius 2 is 2.03 bits per heavy atom. The van der Waals surface area contributed by atoms with Crippen molar-refractivity contribution < 1.29 is 22.4 Å². The van der Waals surface area contributed by atoms with Crippen molar-refractivity contribution in [3.63, 3.8) is 0 Å². The number of carbonyl (C=O) groups excluding carboxylic acids is 1. The zero-order valence-electron chi connectivity index (χ0n) is 17.6. The molecular weight excluding hydrogens is 438 g/mol. The molecule has 1 aromatic heterocycles. The Morgan fingerprint density at radius 1 is 1.26 bits per heavy atom. The van der Waals surface area contributed by atoms with Gasteiger partial charge in [0, 0.05) is 28.6 Å². The maximum absolute atomic E-state index is 13.6. The number of furan rings is 1. The molecule has 0 spiro atoms. The van der Waals surface area contributed by atoms with E-state index in [1.165, 1.54) is 0 Å². The standard InChI is InChI=1S/C23H24ClNO5S/c1-14-9-21-19(11-20(14)24)15(2)22(30-21)23(26)25(17-7-8-31(27,28)13-17)12-16-5-4-6-18(10-16)29-3/h4-6,9-11,17H,7-8,12-13H2,1-3H3. The fourth-order valence-electron chi connectivity index (χ4n) is 4.03. The minimum Gasteiger partial charge on any atom is -0.497 e. The van der Waals surface area contributed by atoms with Crippen molar-refractivity contribution in [2.24, 2.45) is 0 Å². The van der Waals surface area contributed by atoms with Gasteiger partial charge in [-0.1, -0.05) is 23.7 Å². The summed E-state index contributed by atoms with van der Waals surface area (Å²) in [6.07, 6.45) is 0.405. The summed E-state index contributed by atoms with van der Waals surface area (Å²) >= 11 is 6.27. The fraction of sp³-hybridized carbons (Fsp3) is 0.348. The molecule has 1 saturated heterocycles. The second kappa shape index (κ2) is 8.20. The predicted octanol–water partition coefficient (Wildman–Crippen LogP) is 4.54. The van der Waals surface area contributed by atoms with Gasteiger partial charge in [0.1, 0.15) is 11.3 Å². The number of ether oxygens (including phenoxy) is 1. The van der Waals surface area contributed by atoms with Gasteiger partial charge in [0.2, 0.25) is 0 Å². The Kier molecular flexibility index (Phi) is 5.75. The highest BCUT2D eigenvalue weighted by Gasteiger charge is 2.36. The maximum atomic E-state index is 13.6. The lowest BCUT2D eigenvalue weighted by Gasteiger charge is -2.28. The van der Waals surface area contributed by atoms with Gasteiger partial charge in [-0.2, -0.15) is 0 Å². The van der Waals surface area contributed by atoms with Gasteiger partial charge in [-0.25, -0.2) is 8.42 Å². The first kappa shape index (κ1) is 21.7. The molecule has 3 aromatic rings. The molecule has 0 N–H and O–H groups in total. The van der Waals surface area contributed by atoms with Crippen LogP contribution in [0.4, 0.5) is 0 Å². The van der Waals surface area contributed by atoms with Gasteiger partial charge >= 0.3 is 0 Å². The van der Waals surface area contributed by atoms with Crippen LogP contribution in [0.2, 0.25) is 5.02 Å². The van der Waals surface area contributed by atoms with Crippen LogP contribution in [0.25, 0.3) is 11.0 Å². The third-order valence-electron chi connectivity index (χ3n) is 5.81. The van der Waals surface area contributed by atoms with Crippen molar-refractivity contribution in [3.05, 3.63) is 63.9 Å². The number of benzene rings is 2. The molecule has 0 saturated carbocycles. The van der Waals surface area contributed by atoms with Crippen LogP contribution in [-0.4, -0.2) is 43.9 Å². The first-order valence-electron chi connectivity index (χ1n) is 10.0. The van der Waals surface area contributed by atoms with Crippen LogP contribution in [-0.2, 0) is 16.4 Å². The van der Waals surface area contributed by atoms with Crippen molar-refractivity contribution in [1.82, 2.24) is 4.90 Å². The Balaban J connectivity index is 1.75. The normalized spacial score (nSPS) is 17.7. The molecule has 2 heterocycles. The zero-order chi connectivity index (χ0) is 22.3.